The Balaban J connectivity index is 1.97. The maximum atomic E-state index is 12.9. The number of aliphatic imine (C=N–C) groups is 1. The second-order valence-electron chi connectivity index (χ2n) is 10.5. The number of rotatable bonds is 10. The number of aromatic nitrogens is 1. The molecular weight excluding hydrogens is 615 g/mol. The number of esters is 1. The number of fused-ring (bicyclic) bond motifs is 1. The van der Waals surface area contributed by atoms with Crippen molar-refractivity contribution in [3.63, 3.8) is 0 Å². The predicted octanol–water partition coefficient (Wildman–Crippen LogP) is 8.18. The zero-order valence-electron chi connectivity index (χ0n) is 23.9. The molecule has 0 aliphatic carbocycles. The zero-order valence-corrected chi connectivity index (χ0v) is 27.0. The van der Waals surface area contributed by atoms with Crippen molar-refractivity contribution in [1.82, 2.24) is 15.6 Å². The Kier molecular flexibility index (Phi) is 12.5. The highest BCUT2D eigenvalue weighted by molar-refractivity contribution is 8.14. The molecule has 7 nitrogen and oxygen atoms in total. The van der Waals surface area contributed by atoms with Gasteiger partial charge in [-0.25, -0.2) is 4.99 Å². The summed E-state index contributed by atoms with van der Waals surface area (Å²) in [5.74, 6) is -0.833. The van der Waals surface area contributed by atoms with Crippen molar-refractivity contribution in [3.8, 4) is 0 Å². The molecule has 0 spiro atoms. The number of hydrogen-bond donors (Lipinski definition) is 2. The van der Waals surface area contributed by atoms with E-state index in [1.165, 1.54) is 17.8 Å². The minimum Gasteiger partial charge on any atom is -0.450 e. The summed E-state index contributed by atoms with van der Waals surface area (Å²) in [5, 5.41) is 6.97. The highest BCUT2D eigenvalue weighted by Gasteiger charge is 2.36. The molecule has 0 radical (unpaired) electrons. The largest absolute Gasteiger partial charge is 0.450 e. The molecule has 0 saturated carbocycles. The highest BCUT2D eigenvalue weighted by Crippen LogP contribution is 2.32. The number of benzene rings is 2. The molecule has 42 heavy (non-hydrogen) atoms. The normalized spacial score (nSPS) is 14.0. The zero-order chi connectivity index (χ0) is 30.8. The lowest BCUT2D eigenvalue weighted by atomic mass is 9.97. The maximum Gasteiger partial charge on any atom is 0.312 e. The number of hydrogen-bond acceptors (Lipinski definition) is 6. The number of amides is 1. The number of ether oxygens (including phenoxy) is 1. The number of para-hydroxylation sites is 1. The predicted molar refractivity (Wildman–Crippen MR) is 176 cm³/mol. The molecule has 3 aromatic rings. The van der Waals surface area contributed by atoms with Crippen LogP contribution in [0.4, 0.5) is 5.69 Å². The van der Waals surface area contributed by atoms with Gasteiger partial charge in [-0.1, -0.05) is 96.7 Å². The molecule has 0 saturated heterocycles. The van der Waals surface area contributed by atoms with Crippen LogP contribution in [0, 0.1) is 5.41 Å². The highest BCUT2D eigenvalue weighted by atomic mass is 35.6. The molecule has 1 aromatic heterocycles. The van der Waals surface area contributed by atoms with Crippen LogP contribution in [-0.2, 0) is 14.3 Å². The van der Waals surface area contributed by atoms with E-state index in [1.54, 1.807) is 33.0 Å². The summed E-state index contributed by atoms with van der Waals surface area (Å²) < 4.78 is 3.94. The van der Waals surface area contributed by atoms with Crippen LogP contribution >= 0.6 is 46.6 Å². The fraction of sp³-hybridized carbons (Fsp3) is 0.355. The van der Waals surface area contributed by atoms with E-state index in [9.17, 15) is 9.59 Å². The number of halogens is 3. The average Bonchev–Trinajstić information content (AvgIpc) is 2.94. The fourth-order valence-corrected chi connectivity index (χ4v) is 4.90. The first-order valence-electron chi connectivity index (χ1n) is 13.5. The SMILES string of the molecule is CCCCC(OC(=O)C(C)(C)C)S/C(=N/c1cccc2cccnc12)NC(NC(=O)/C=C/c1ccccc1)C(Cl)(Cl)Cl. The number of nitrogens with one attached hydrogen (secondary N) is 2. The third kappa shape index (κ3) is 10.8. The van der Waals surface area contributed by atoms with Gasteiger partial charge in [0, 0.05) is 17.7 Å². The third-order valence-corrected chi connectivity index (χ3v) is 7.51. The molecule has 11 heteroatoms. The van der Waals surface area contributed by atoms with Crippen molar-refractivity contribution in [3.05, 3.63) is 78.5 Å². The molecule has 1 amide bonds. The van der Waals surface area contributed by atoms with Gasteiger partial charge >= 0.3 is 5.97 Å². The molecule has 2 N–H and O–H groups in total. The second kappa shape index (κ2) is 15.6. The molecule has 2 atom stereocenters. The van der Waals surface area contributed by atoms with E-state index in [-0.39, 0.29) is 11.1 Å². The lowest BCUT2D eigenvalue weighted by molar-refractivity contribution is -0.154. The molecule has 1 heterocycles. The summed E-state index contributed by atoms with van der Waals surface area (Å²) in [4.78, 5) is 35.0. The monoisotopic (exact) mass is 648 g/mol. The molecule has 2 aromatic carbocycles. The van der Waals surface area contributed by atoms with Gasteiger partial charge in [0.15, 0.2) is 10.6 Å². The first-order valence-corrected chi connectivity index (χ1v) is 15.5. The first kappa shape index (κ1) is 33.7. The molecule has 3 rings (SSSR count). The number of amidine groups is 1. The van der Waals surface area contributed by atoms with E-state index in [2.05, 4.69) is 22.5 Å². The van der Waals surface area contributed by atoms with E-state index in [0.717, 1.165) is 23.8 Å². The molecule has 0 aliphatic rings. The molecule has 0 aliphatic heterocycles. The number of carbonyl (C=O) groups excluding carboxylic acids is 2. The Morgan fingerprint density at radius 3 is 2.40 bits per heavy atom. The van der Waals surface area contributed by atoms with Crippen LogP contribution in [0.5, 0.6) is 0 Å². The van der Waals surface area contributed by atoms with Crippen molar-refractivity contribution >= 4 is 86.3 Å². The van der Waals surface area contributed by atoms with Crippen molar-refractivity contribution in [1.29, 1.82) is 0 Å². The van der Waals surface area contributed by atoms with Gasteiger partial charge in [-0.2, -0.15) is 0 Å². The second-order valence-corrected chi connectivity index (χ2v) is 14.0. The minimum absolute atomic E-state index is 0.277. The van der Waals surface area contributed by atoms with Crippen LogP contribution in [0.2, 0.25) is 0 Å². The lowest BCUT2D eigenvalue weighted by Crippen LogP contribution is -2.54. The van der Waals surface area contributed by atoms with Gasteiger partial charge in [0.2, 0.25) is 9.70 Å². The maximum absolute atomic E-state index is 12.9. The van der Waals surface area contributed by atoms with Gasteiger partial charge in [0.1, 0.15) is 6.17 Å². The van der Waals surface area contributed by atoms with E-state index in [0.29, 0.717) is 17.6 Å². The number of carbonyl (C=O) groups is 2. The first-order chi connectivity index (χ1) is 19.9. The molecule has 0 fully saturated rings. The van der Waals surface area contributed by atoms with Crippen LogP contribution < -0.4 is 10.6 Å². The summed E-state index contributed by atoms with van der Waals surface area (Å²) >= 11 is 20.2. The summed E-state index contributed by atoms with van der Waals surface area (Å²) in [7, 11) is 0. The summed E-state index contributed by atoms with van der Waals surface area (Å²) in [6, 6.07) is 18.7. The lowest BCUT2D eigenvalue weighted by Gasteiger charge is -2.29. The van der Waals surface area contributed by atoms with Gasteiger partial charge in [-0.15, -0.1) is 0 Å². The van der Waals surface area contributed by atoms with Gasteiger partial charge in [0.05, 0.1) is 16.6 Å². The Hall–Kier alpha value is -2.78. The fourth-order valence-electron chi connectivity index (χ4n) is 3.56. The Morgan fingerprint density at radius 2 is 1.74 bits per heavy atom. The van der Waals surface area contributed by atoms with Gasteiger partial charge in [-0.3, -0.25) is 14.6 Å². The van der Waals surface area contributed by atoms with Crippen LogP contribution in [0.1, 0.15) is 52.5 Å². The number of unbranched alkanes of at least 4 members (excludes halogenated alkanes) is 1. The van der Waals surface area contributed by atoms with Crippen LogP contribution in [0.3, 0.4) is 0 Å². The Bertz CT molecular complexity index is 1400. The summed E-state index contributed by atoms with van der Waals surface area (Å²) in [5.41, 5.74) is 0.770. The van der Waals surface area contributed by atoms with Gasteiger partial charge in [0.25, 0.3) is 0 Å². The number of alkyl halides is 3. The number of nitrogens with zero attached hydrogens (tertiary/aromatic N) is 2. The molecule has 0 bridgehead atoms. The third-order valence-electron chi connectivity index (χ3n) is 5.83. The van der Waals surface area contributed by atoms with Crippen molar-refractivity contribution < 1.29 is 14.3 Å². The quantitative estimate of drug-likeness (QED) is 0.0575. The number of pyridine rings is 1. The van der Waals surface area contributed by atoms with E-state index < -0.39 is 26.7 Å². The topological polar surface area (TPSA) is 92.7 Å². The van der Waals surface area contributed by atoms with Crippen LogP contribution in [-0.4, -0.2) is 37.4 Å². The van der Waals surface area contributed by atoms with Gasteiger partial charge < -0.3 is 15.4 Å². The van der Waals surface area contributed by atoms with Crippen molar-refractivity contribution in [2.75, 3.05) is 0 Å². The summed E-state index contributed by atoms with van der Waals surface area (Å²) in [6.07, 6.45) is 5.79. The molecule has 224 valence electrons. The van der Waals surface area contributed by atoms with Crippen LogP contribution in [0.25, 0.3) is 17.0 Å². The number of thioether (sulfide) groups is 1. The van der Waals surface area contributed by atoms with Gasteiger partial charge in [-0.05, 0) is 69.1 Å². The van der Waals surface area contributed by atoms with Crippen LogP contribution in [0.15, 0.2) is 77.9 Å². The Morgan fingerprint density at radius 1 is 1.02 bits per heavy atom. The van der Waals surface area contributed by atoms with E-state index >= 15 is 0 Å². The van der Waals surface area contributed by atoms with E-state index in [4.69, 9.17) is 44.5 Å². The summed E-state index contributed by atoms with van der Waals surface area (Å²) in [6.45, 7) is 7.44. The molecule has 2 unspecified atom stereocenters. The van der Waals surface area contributed by atoms with Crippen molar-refractivity contribution in [2.45, 2.75) is 62.4 Å². The van der Waals surface area contributed by atoms with Crippen molar-refractivity contribution in [2.24, 2.45) is 10.4 Å². The minimum atomic E-state index is -1.96. The average molecular weight is 650 g/mol. The Labute approximate surface area is 266 Å². The molecular formula is C31H35Cl3N4O3S. The standard InChI is InChI=1S/C31H35Cl3N4O3S/c1-5-6-17-25(41-28(40)30(2,3)4)42-29(36-23-16-10-14-22-15-11-20-35-26(22)23)38-27(31(32,33)34)37-24(39)19-18-21-12-8-7-9-13-21/h7-16,18-20,25,27H,5-6,17H2,1-4H3,(H,36,38)(H,37,39)/b19-18+. The van der Waals surface area contributed by atoms with E-state index in [1.807, 2.05) is 60.7 Å². The smallest absolute Gasteiger partial charge is 0.312 e.